The summed E-state index contributed by atoms with van der Waals surface area (Å²) in [5.74, 6) is 0.681. The van der Waals surface area contributed by atoms with Crippen LogP contribution in [0.3, 0.4) is 0 Å². The lowest BCUT2D eigenvalue weighted by atomic mass is 10.1. The number of ether oxygens (including phenoxy) is 1. The first-order valence-corrected chi connectivity index (χ1v) is 7.26. The lowest BCUT2D eigenvalue weighted by Crippen LogP contribution is -2.41. The van der Waals surface area contributed by atoms with E-state index in [0.717, 1.165) is 25.9 Å². The summed E-state index contributed by atoms with van der Waals surface area (Å²) in [6.45, 7) is 2.15. The Morgan fingerprint density at radius 1 is 1.29 bits per heavy atom. The monoisotopic (exact) mass is 295 g/mol. The second kappa shape index (κ2) is 7.83. The Morgan fingerprint density at radius 3 is 2.62 bits per heavy atom. The lowest BCUT2D eigenvalue weighted by Gasteiger charge is -2.27. The first-order chi connectivity index (χ1) is 10.1. The zero-order valence-electron chi connectivity index (χ0n) is 12.0. The normalized spacial score (nSPS) is 17.6. The molecule has 1 atom stereocenters. The molecule has 2 rings (SSSR count). The molecule has 5 nitrogen and oxygen atoms in total. The van der Waals surface area contributed by atoms with Crippen LogP contribution in [0.2, 0.25) is 0 Å². The second-order valence-corrected chi connectivity index (χ2v) is 5.17. The van der Waals surface area contributed by atoms with Crippen LogP contribution < -0.4 is 10.5 Å². The van der Waals surface area contributed by atoms with E-state index in [9.17, 15) is 9.50 Å². The fraction of sp³-hybridized carbons (Fsp3) is 0.533. The number of aliphatic hydroxyl groups excluding tert-OH is 1. The predicted octanol–water partition coefficient (Wildman–Crippen LogP) is 1.37. The summed E-state index contributed by atoms with van der Waals surface area (Å²) in [6, 6.07) is 5.67. The number of benzene rings is 1. The molecule has 0 bridgehead atoms. The number of piperidine rings is 1. The summed E-state index contributed by atoms with van der Waals surface area (Å²) in [6.07, 6.45) is 2.76. The molecule has 6 heteroatoms. The van der Waals surface area contributed by atoms with Crippen LogP contribution in [0.4, 0.5) is 4.39 Å². The van der Waals surface area contributed by atoms with E-state index in [4.69, 9.17) is 10.5 Å². The molecule has 1 aliphatic heterocycles. The van der Waals surface area contributed by atoms with Crippen molar-refractivity contribution in [2.45, 2.75) is 25.4 Å². The second-order valence-electron chi connectivity index (χ2n) is 5.17. The van der Waals surface area contributed by atoms with E-state index in [1.807, 2.05) is 4.90 Å². The van der Waals surface area contributed by atoms with Crippen LogP contribution in [0.1, 0.15) is 19.3 Å². The molecule has 1 unspecified atom stereocenters. The van der Waals surface area contributed by atoms with Gasteiger partial charge in [-0.15, -0.1) is 0 Å². The summed E-state index contributed by atoms with van der Waals surface area (Å²) in [5, 5.41) is 9.83. The fourth-order valence-electron chi connectivity index (χ4n) is 2.20. The van der Waals surface area contributed by atoms with E-state index < -0.39 is 6.10 Å². The maximum Gasteiger partial charge on any atom is 0.191 e. The van der Waals surface area contributed by atoms with Gasteiger partial charge in [0.1, 0.15) is 24.3 Å². The molecule has 1 saturated heterocycles. The Morgan fingerprint density at radius 2 is 1.95 bits per heavy atom. The highest BCUT2D eigenvalue weighted by Crippen LogP contribution is 2.11. The van der Waals surface area contributed by atoms with E-state index >= 15 is 0 Å². The number of likely N-dealkylation sites (tertiary alicyclic amines) is 1. The van der Waals surface area contributed by atoms with E-state index in [2.05, 4.69) is 4.99 Å². The number of aliphatic imine (C=N–C) groups is 1. The zero-order valence-corrected chi connectivity index (χ0v) is 12.0. The van der Waals surface area contributed by atoms with Crippen molar-refractivity contribution < 1.29 is 14.2 Å². The molecule has 1 aromatic carbocycles. The minimum absolute atomic E-state index is 0.0996. The molecule has 21 heavy (non-hydrogen) atoms. The maximum atomic E-state index is 12.7. The van der Waals surface area contributed by atoms with Crippen LogP contribution in [0.25, 0.3) is 0 Å². The number of halogens is 1. The lowest BCUT2D eigenvalue weighted by molar-refractivity contribution is 0.114. The first kappa shape index (κ1) is 15.6. The third-order valence-electron chi connectivity index (χ3n) is 3.40. The van der Waals surface area contributed by atoms with Gasteiger partial charge in [0, 0.05) is 13.1 Å². The van der Waals surface area contributed by atoms with Crippen molar-refractivity contribution >= 4 is 5.96 Å². The minimum atomic E-state index is -0.738. The SMILES string of the molecule is NC(=NCC(O)COc1ccc(F)cc1)N1CCCCC1. The van der Waals surface area contributed by atoms with Crippen molar-refractivity contribution in [1.29, 1.82) is 0 Å². The van der Waals surface area contributed by atoms with Gasteiger partial charge >= 0.3 is 0 Å². The molecule has 0 aliphatic carbocycles. The maximum absolute atomic E-state index is 12.7. The molecule has 1 heterocycles. The van der Waals surface area contributed by atoms with Gasteiger partial charge in [-0.1, -0.05) is 0 Å². The molecular weight excluding hydrogens is 273 g/mol. The molecule has 3 N–H and O–H groups in total. The highest BCUT2D eigenvalue weighted by Gasteiger charge is 2.12. The Hall–Kier alpha value is -1.82. The third-order valence-corrected chi connectivity index (χ3v) is 3.40. The van der Waals surface area contributed by atoms with Gasteiger partial charge in [0.25, 0.3) is 0 Å². The summed E-state index contributed by atoms with van der Waals surface area (Å²) >= 11 is 0. The number of guanidine groups is 1. The third kappa shape index (κ3) is 5.23. The number of hydrogen-bond acceptors (Lipinski definition) is 3. The molecule has 0 saturated carbocycles. The van der Waals surface area contributed by atoms with E-state index in [0.29, 0.717) is 11.7 Å². The van der Waals surface area contributed by atoms with Gasteiger partial charge < -0.3 is 20.5 Å². The molecule has 116 valence electrons. The van der Waals surface area contributed by atoms with E-state index in [-0.39, 0.29) is 19.0 Å². The van der Waals surface area contributed by atoms with Crippen molar-refractivity contribution in [3.63, 3.8) is 0 Å². The quantitative estimate of drug-likeness (QED) is 0.636. The van der Waals surface area contributed by atoms with Gasteiger partial charge in [-0.05, 0) is 43.5 Å². The van der Waals surface area contributed by atoms with E-state index in [1.165, 1.54) is 30.7 Å². The summed E-state index contributed by atoms with van der Waals surface area (Å²) in [7, 11) is 0. The Bertz CT molecular complexity index is 458. The van der Waals surface area contributed by atoms with Crippen LogP contribution in [0.5, 0.6) is 5.75 Å². The number of aliphatic hydroxyl groups is 1. The molecule has 0 amide bonds. The molecule has 1 aromatic rings. The molecule has 0 spiro atoms. The van der Waals surface area contributed by atoms with Gasteiger partial charge in [0.2, 0.25) is 0 Å². The van der Waals surface area contributed by atoms with Crippen LogP contribution >= 0.6 is 0 Å². The van der Waals surface area contributed by atoms with Crippen LogP contribution in [0, 0.1) is 5.82 Å². The highest BCUT2D eigenvalue weighted by atomic mass is 19.1. The van der Waals surface area contributed by atoms with Gasteiger partial charge in [-0.25, -0.2) is 4.39 Å². The number of nitrogens with two attached hydrogens (primary N) is 1. The topological polar surface area (TPSA) is 71.1 Å². The standard InChI is InChI=1S/C15H22FN3O2/c16-12-4-6-14(7-5-12)21-11-13(20)10-18-15(17)19-8-2-1-3-9-19/h4-7,13,20H,1-3,8-11H2,(H2,17,18). The zero-order chi connectivity index (χ0) is 15.1. The van der Waals surface area contributed by atoms with Gasteiger partial charge in [-0.2, -0.15) is 0 Å². The minimum Gasteiger partial charge on any atom is -0.491 e. The Labute approximate surface area is 124 Å². The van der Waals surface area contributed by atoms with Crippen LogP contribution in [-0.2, 0) is 0 Å². The number of rotatable bonds is 5. The van der Waals surface area contributed by atoms with E-state index in [1.54, 1.807) is 0 Å². The average molecular weight is 295 g/mol. The van der Waals surface area contributed by atoms with Crippen LogP contribution in [0.15, 0.2) is 29.3 Å². The van der Waals surface area contributed by atoms with Crippen molar-refractivity contribution in [2.24, 2.45) is 10.7 Å². The highest BCUT2D eigenvalue weighted by molar-refractivity contribution is 5.78. The Balaban J connectivity index is 1.73. The van der Waals surface area contributed by atoms with Crippen molar-refractivity contribution in [3.8, 4) is 5.75 Å². The van der Waals surface area contributed by atoms with Gasteiger partial charge in [0.05, 0.1) is 6.54 Å². The number of nitrogens with zero attached hydrogens (tertiary/aromatic N) is 2. The summed E-state index contributed by atoms with van der Waals surface area (Å²) < 4.78 is 18.1. The van der Waals surface area contributed by atoms with Crippen molar-refractivity contribution in [3.05, 3.63) is 30.1 Å². The molecule has 0 aromatic heterocycles. The molecule has 1 aliphatic rings. The van der Waals surface area contributed by atoms with Crippen molar-refractivity contribution in [1.82, 2.24) is 4.90 Å². The summed E-state index contributed by atoms with van der Waals surface area (Å²) in [5.41, 5.74) is 5.90. The predicted molar refractivity (Wildman–Crippen MR) is 79.8 cm³/mol. The largest absolute Gasteiger partial charge is 0.491 e. The Kier molecular flexibility index (Phi) is 5.80. The molecule has 1 fully saturated rings. The van der Waals surface area contributed by atoms with Crippen LogP contribution in [-0.4, -0.2) is 48.3 Å². The fourth-order valence-corrected chi connectivity index (χ4v) is 2.20. The van der Waals surface area contributed by atoms with Gasteiger partial charge in [-0.3, -0.25) is 4.99 Å². The molecular formula is C15H22FN3O2. The number of hydrogen-bond donors (Lipinski definition) is 2. The molecule has 0 radical (unpaired) electrons. The van der Waals surface area contributed by atoms with Gasteiger partial charge in [0.15, 0.2) is 5.96 Å². The van der Waals surface area contributed by atoms with Crippen molar-refractivity contribution in [2.75, 3.05) is 26.2 Å². The smallest absolute Gasteiger partial charge is 0.191 e. The average Bonchev–Trinajstić information content (AvgIpc) is 2.53. The summed E-state index contributed by atoms with van der Waals surface area (Å²) in [4.78, 5) is 6.24. The first-order valence-electron chi connectivity index (χ1n) is 7.26.